The van der Waals surface area contributed by atoms with Crippen molar-refractivity contribution < 1.29 is 23.7 Å². The average Bonchev–Trinajstić information content (AvgIpc) is 2.60. The summed E-state index contributed by atoms with van der Waals surface area (Å²) >= 11 is 0. The third kappa shape index (κ3) is 3.11. The highest BCUT2D eigenvalue weighted by Crippen LogP contribution is 2.41. The van der Waals surface area contributed by atoms with E-state index >= 15 is 0 Å². The molecule has 1 aromatic heterocycles. The maximum atomic E-state index is 14.0. The SMILES string of the molecule is CC(C)(C)Nc1ccn([C@@H]2O[C@H](CO)[C@H](O)C2(F)F)c(=O)n1. The lowest BCUT2D eigenvalue weighted by molar-refractivity contribution is -0.140. The summed E-state index contributed by atoms with van der Waals surface area (Å²) in [6.07, 6.45) is -4.54. The molecule has 22 heavy (non-hydrogen) atoms. The smallest absolute Gasteiger partial charge is 0.351 e. The molecule has 0 spiro atoms. The molecule has 0 radical (unpaired) electrons. The van der Waals surface area contributed by atoms with E-state index in [1.165, 1.54) is 6.07 Å². The third-order valence-corrected chi connectivity index (χ3v) is 3.15. The van der Waals surface area contributed by atoms with Gasteiger partial charge in [-0.05, 0) is 26.8 Å². The van der Waals surface area contributed by atoms with Crippen molar-refractivity contribution in [3.8, 4) is 0 Å². The van der Waals surface area contributed by atoms with Crippen LogP contribution in [0.5, 0.6) is 0 Å². The van der Waals surface area contributed by atoms with Gasteiger partial charge in [0.25, 0.3) is 0 Å². The number of aliphatic hydroxyl groups excluding tert-OH is 2. The molecule has 0 aromatic carbocycles. The van der Waals surface area contributed by atoms with Crippen molar-refractivity contribution in [2.75, 3.05) is 11.9 Å². The quantitative estimate of drug-likeness (QED) is 0.743. The highest BCUT2D eigenvalue weighted by Gasteiger charge is 2.59. The molecule has 0 bridgehead atoms. The fraction of sp³-hybridized carbons (Fsp3) is 0.692. The first kappa shape index (κ1) is 16.8. The van der Waals surface area contributed by atoms with Crippen molar-refractivity contribution in [3.05, 3.63) is 22.7 Å². The lowest BCUT2D eigenvalue weighted by Crippen LogP contribution is -2.42. The molecule has 1 saturated heterocycles. The number of hydrogen-bond acceptors (Lipinski definition) is 6. The Hall–Kier alpha value is -1.58. The largest absolute Gasteiger partial charge is 0.394 e. The maximum Gasteiger partial charge on any atom is 0.351 e. The summed E-state index contributed by atoms with van der Waals surface area (Å²) in [5.41, 5.74) is -1.29. The predicted molar refractivity (Wildman–Crippen MR) is 73.8 cm³/mol. The summed E-state index contributed by atoms with van der Waals surface area (Å²) in [4.78, 5) is 15.6. The van der Waals surface area contributed by atoms with Gasteiger partial charge in [-0.3, -0.25) is 4.57 Å². The molecule has 0 saturated carbocycles. The molecule has 2 rings (SSSR count). The molecule has 124 valence electrons. The molecule has 1 fully saturated rings. The molecule has 3 N–H and O–H groups in total. The maximum absolute atomic E-state index is 14.0. The van der Waals surface area contributed by atoms with Crippen LogP contribution in [0.1, 0.15) is 27.0 Å². The first-order chi connectivity index (χ1) is 10.1. The molecule has 1 aliphatic heterocycles. The van der Waals surface area contributed by atoms with Crippen LogP contribution in [-0.4, -0.2) is 50.0 Å². The number of aliphatic hydroxyl groups is 2. The molecule has 3 atom stereocenters. The zero-order chi connectivity index (χ0) is 16.7. The van der Waals surface area contributed by atoms with E-state index in [2.05, 4.69) is 10.3 Å². The zero-order valence-electron chi connectivity index (χ0n) is 12.5. The third-order valence-electron chi connectivity index (χ3n) is 3.15. The van der Waals surface area contributed by atoms with Crippen molar-refractivity contribution in [3.63, 3.8) is 0 Å². The Kier molecular flexibility index (Phi) is 4.24. The molecule has 0 aliphatic carbocycles. The van der Waals surface area contributed by atoms with E-state index in [1.807, 2.05) is 20.8 Å². The Morgan fingerprint density at radius 2 is 2.14 bits per heavy atom. The average molecular weight is 319 g/mol. The van der Waals surface area contributed by atoms with Gasteiger partial charge >= 0.3 is 11.6 Å². The van der Waals surface area contributed by atoms with Gasteiger partial charge in [0.05, 0.1) is 6.61 Å². The van der Waals surface area contributed by atoms with E-state index in [9.17, 15) is 18.7 Å². The monoisotopic (exact) mass is 319 g/mol. The number of nitrogens with zero attached hydrogens (tertiary/aromatic N) is 2. The second-order valence-corrected chi connectivity index (χ2v) is 6.21. The molecule has 1 aliphatic rings. The van der Waals surface area contributed by atoms with E-state index in [1.54, 1.807) is 0 Å². The fourth-order valence-corrected chi connectivity index (χ4v) is 2.16. The van der Waals surface area contributed by atoms with Crippen LogP contribution in [0.3, 0.4) is 0 Å². The number of anilines is 1. The van der Waals surface area contributed by atoms with E-state index < -0.39 is 36.7 Å². The second-order valence-electron chi connectivity index (χ2n) is 6.21. The Labute approximate surface area is 125 Å². The predicted octanol–water partition coefficient (Wildman–Crippen LogP) is 0.340. The lowest BCUT2D eigenvalue weighted by Gasteiger charge is -2.23. The van der Waals surface area contributed by atoms with Crippen molar-refractivity contribution in [1.29, 1.82) is 0 Å². The van der Waals surface area contributed by atoms with Gasteiger partial charge in [-0.2, -0.15) is 13.8 Å². The Morgan fingerprint density at radius 1 is 1.50 bits per heavy atom. The van der Waals surface area contributed by atoms with E-state index in [0.29, 0.717) is 4.57 Å². The van der Waals surface area contributed by atoms with E-state index in [4.69, 9.17) is 9.84 Å². The van der Waals surface area contributed by atoms with E-state index in [0.717, 1.165) is 6.20 Å². The van der Waals surface area contributed by atoms with Crippen molar-refractivity contribution >= 4 is 5.82 Å². The van der Waals surface area contributed by atoms with Crippen LogP contribution in [0.4, 0.5) is 14.6 Å². The van der Waals surface area contributed by atoms with Gasteiger partial charge in [0.1, 0.15) is 11.9 Å². The minimum absolute atomic E-state index is 0.245. The van der Waals surface area contributed by atoms with Gasteiger partial charge in [-0.1, -0.05) is 0 Å². The van der Waals surface area contributed by atoms with Crippen LogP contribution in [-0.2, 0) is 4.74 Å². The number of ether oxygens (including phenoxy) is 1. The van der Waals surface area contributed by atoms with Crippen LogP contribution in [0, 0.1) is 0 Å². The van der Waals surface area contributed by atoms with Crippen LogP contribution < -0.4 is 11.0 Å². The van der Waals surface area contributed by atoms with Crippen LogP contribution >= 0.6 is 0 Å². The molecule has 0 amide bonds. The first-order valence-corrected chi connectivity index (χ1v) is 6.76. The lowest BCUT2D eigenvalue weighted by atomic mass is 10.1. The van der Waals surface area contributed by atoms with Gasteiger partial charge in [-0.15, -0.1) is 0 Å². The number of alkyl halides is 2. The minimum Gasteiger partial charge on any atom is -0.394 e. The van der Waals surface area contributed by atoms with Crippen LogP contribution in [0.2, 0.25) is 0 Å². The van der Waals surface area contributed by atoms with Gasteiger partial charge in [0.2, 0.25) is 6.23 Å². The number of aromatic nitrogens is 2. The summed E-state index contributed by atoms with van der Waals surface area (Å²) < 4.78 is 33.5. The molecule has 2 heterocycles. The van der Waals surface area contributed by atoms with Crippen LogP contribution in [0.15, 0.2) is 17.1 Å². The fourth-order valence-electron chi connectivity index (χ4n) is 2.16. The molecular formula is C13H19F2N3O4. The first-order valence-electron chi connectivity index (χ1n) is 6.76. The van der Waals surface area contributed by atoms with Gasteiger partial charge in [0, 0.05) is 11.7 Å². The zero-order valence-corrected chi connectivity index (χ0v) is 12.5. The molecule has 1 aromatic rings. The molecule has 0 unspecified atom stereocenters. The number of nitrogens with one attached hydrogen (secondary N) is 1. The number of halogens is 2. The topological polar surface area (TPSA) is 96.6 Å². The van der Waals surface area contributed by atoms with Crippen molar-refractivity contribution in [1.82, 2.24) is 9.55 Å². The van der Waals surface area contributed by atoms with E-state index in [-0.39, 0.29) is 11.4 Å². The molecule has 7 nitrogen and oxygen atoms in total. The molecular weight excluding hydrogens is 300 g/mol. The second kappa shape index (κ2) is 5.56. The van der Waals surface area contributed by atoms with Gasteiger partial charge < -0.3 is 20.3 Å². The highest BCUT2D eigenvalue weighted by atomic mass is 19.3. The minimum atomic E-state index is -3.71. The standard InChI is InChI=1S/C13H19F2N3O4/c1-12(2,3)17-8-4-5-18(11(21)16-8)10-13(14,15)9(20)7(6-19)22-10/h4-5,7,9-10,19-20H,6H2,1-3H3,(H,16,17,21)/t7-,9+,10-/m1/s1. The molecule has 9 heteroatoms. The summed E-state index contributed by atoms with van der Waals surface area (Å²) in [6, 6.07) is 1.37. The van der Waals surface area contributed by atoms with Gasteiger partial charge in [0.15, 0.2) is 6.10 Å². The van der Waals surface area contributed by atoms with Crippen LogP contribution in [0.25, 0.3) is 0 Å². The van der Waals surface area contributed by atoms with Crippen molar-refractivity contribution in [2.24, 2.45) is 0 Å². The Morgan fingerprint density at radius 3 is 2.59 bits per heavy atom. The summed E-state index contributed by atoms with van der Waals surface area (Å²) in [6.45, 7) is 4.79. The summed E-state index contributed by atoms with van der Waals surface area (Å²) in [5.74, 6) is -3.47. The Bertz CT molecular complexity index is 600. The number of rotatable bonds is 3. The highest BCUT2D eigenvalue weighted by molar-refractivity contribution is 5.34. The Balaban J connectivity index is 2.32. The normalized spacial score (nSPS) is 27.9. The summed E-state index contributed by atoms with van der Waals surface area (Å²) in [5, 5.41) is 21.4. The van der Waals surface area contributed by atoms with Crippen molar-refractivity contribution in [2.45, 2.75) is 50.7 Å². The summed E-state index contributed by atoms with van der Waals surface area (Å²) in [7, 11) is 0. The van der Waals surface area contributed by atoms with Gasteiger partial charge in [-0.25, -0.2) is 4.79 Å². The number of hydrogen-bond donors (Lipinski definition) is 3.